The lowest BCUT2D eigenvalue weighted by Crippen LogP contribution is -2.04. The first-order valence-corrected chi connectivity index (χ1v) is 6.23. The Balaban J connectivity index is 2.06. The Kier molecular flexibility index (Phi) is 2.91. The quantitative estimate of drug-likeness (QED) is 0.879. The highest BCUT2D eigenvalue weighted by Crippen LogP contribution is 2.25. The highest BCUT2D eigenvalue weighted by Gasteiger charge is 2.20. The van der Waals surface area contributed by atoms with Gasteiger partial charge in [0.1, 0.15) is 5.82 Å². The number of hydrogen-bond donors (Lipinski definition) is 1. The van der Waals surface area contributed by atoms with Crippen LogP contribution in [0.15, 0.2) is 41.4 Å². The largest absolute Gasteiger partial charge is 0.392 e. The summed E-state index contributed by atoms with van der Waals surface area (Å²) in [4.78, 5) is 4.45. The molecule has 0 atom stereocenters. The Morgan fingerprint density at radius 1 is 1.16 bits per heavy atom. The summed E-state index contributed by atoms with van der Waals surface area (Å²) in [5, 5.41) is 9.01. The molecule has 2 nitrogen and oxygen atoms in total. The van der Waals surface area contributed by atoms with Crippen molar-refractivity contribution in [1.29, 1.82) is 0 Å². The smallest absolute Gasteiger partial charge is 0.132 e. The van der Waals surface area contributed by atoms with Gasteiger partial charge in [-0.05, 0) is 30.2 Å². The van der Waals surface area contributed by atoms with E-state index in [1.165, 1.54) is 11.6 Å². The Hall–Kier alpha value is -2.00. The molecule has 0 amide bonds. The molecule has 1 aliphatic rings. The van der Waals surface area contributed by atoms with E-state index in [1.807, 2.05) is 19.1 Å². The van der Waals surface area contributed by atoms with E-state index in [9.17, 15) is 4.39 Å². The van der Waals surface area contributed by atoms with Crippen molar-refractivity contribution < 1.29 is 9.50 Å². The highest BCUT2D eigenvalue weighted by molar-refractivity contribution is 6.15. The van der Waals surface area contributed by atoms with Gasteiger partial charge in [-0.1, -0.05) is 29.8 Å². The van der Waals surface area contributed by atoms with Crippen LogP contribution in [0.4, 0.5) is 4.39 Å². The van der Waals surface area contributed by atoms with Gasteiger partial charge in [0, 0.05) is 11.1 Å². The van der Waals surface area contributed by atoms with E-state index in [0.29, 0.717) is 23.4 Å². The molecule has 2 aromatic carbocycles. The van der Waals surface area contributed by atoms with E-state index < -0.39 is 0 Å². The van der Waals surface area contributed by atoms with E-state index in [0.717, 1.165) is 11.1 Å². The number of fused-ring (bicyclic) bond motifs is 1. The molecule has 0 saturated heterocycles. The Morgan fingerprint density at radius 3 is 2.68 bits per heavy atom. The van der Waals surface area contributed by atoms with E-state index in [-0.39, 0.29) is 12.4 Å². The van der Waals surface area contributed by atoms with Crippen molar-refractivity contribution in [3.05, 3.63) is 70.0 Å². The van der Waals surface area contributed by atoms with Crippen LogP contribution in [0.1, 0.15) is 27.8 Å². The third-order valence-electron chi connectivity index (χ3n) is 3.39. The molecule has 0 spiro atoms. The molecule has 1 aliphatic heterocycles. The molecule has 0 saturated carbocycles. The molecular formula is C16H14FNO. The molecule has 0 unspecified atom stereocenters. The molecule has 96 valence electrons. The number of halogens is 1. The lowest BCUT2D eigenvalue weighted by molar-refractivity contribution is 0.281. The van der Waals surface area contributed by atoms with Crippen molar-refractivity contribution in [2.45, 2.75) is 20.1 Å². The Bertz CT molecular complexity index is 676. The first kappa shape index (κ1) is 12.1. The fourth-order valence-electron chi connectivity index (χ4n) is 2.41. The summed E-state index contributed by atoms with van der Waals surface area (Å²) >= 11 is 0. The standard InChI is InChI=1S/C16H14FNO/c1-10-2-4-13-12(6-10)8-18-16(13)14-5-3-11(9-19)7-15(14)17/h2-7,19H,8-9H2,1H3. The van der Waals surface area contributed by atoms with Crippen LogP contribution in [0.5, 0.6) is 0 Å². The van der Waals surface area contributed by atoms with Crippen LogP contribution in [0.2, 0.25) is 0 Å². The van der Waals surface area contributed by atoms with E-state index in [4.69, 9.17) is 5.11 Å². The molecule has 0 aliphatic carbocycles. The second kappa shape index (κ2) is 4.59. The van der Waals surface area contributed by atoms with Crippen LogP contribution in [-0.4, -0.2) is 10.8 Å². The van der Waals surface area contributed by atoms with Crippen LogP contribution in [0.3, 0.4) is 0 Å². The number of rotatable bonds is 2. The number of nitrogens with zero attached hydrogens (tertiary/aromatic N) is 1. The number of aliphatic hydroxyl groups excluding tert-OH is 1. The molecule has 0 bridgehead atoms. The second-order valence-corrected chi connectivity index (χ2v) is 4.80. The summed E-state index contributed by atoms with van der Waals surface area (Å²) in [6.45, 7) is 2.49. The maximum absolute atomic E-state index is 14.1. The van der Waals surface area contributed by atoms with Gasteiger partial charge in [-0.15, -0.1) is 0 Å². The molecule has 3 rings (SSSR count). The third kappa shape index (κ3) is 2.06. The number of aryl methyl sites for hydroxylation is 1. The van der Waals surface area contributed by atoms with Gasteiger partial charge in [0.25, 0.3) is 0 Å². The monoisotopic (exact) mass is 255 g/mol. The van der Waals surface area contributed by atoms with Gasteiger partial charge in [0.05, 0.1) is 18.9 Å². The first-order valence-electron chi connectivity index (χ1n) is 6.23. The van der Waals surface area contributed by atoms with E-state index in [1.54, 1.807) is 12.1 Å². The van der Waals surface area contributed by atoms with Gasteiger partial charge >= 0.3 is 0 Å². The first-order chi connectivity index (χ1) is 9.19. The van der Waals surface area contributed by atoms with Crippen molar-refractivity contribution in [2.75, 3.05) is 0 Å². The fraction of sp³-hybridized carbons (Fsp3) is 0.188. The minimum Gasteiger partial charge on any atom is -0.392 e. The predicted octanol–water partition coefficient (Wildman–Crippen LogP) is 2.98. The summed E-state index contributed by atoms with van der Waals surface area (Å²) in [5.41, 5.74) is 5.11. The van der Waals surface area contributed by atoms with Gasteiger partial charge < -0.3 is 5.11 Å². The van der Waals surface area contributed by atoms with E-state index >= 15 is 0 Å². The molecule has 1 heterocycles. The maximum atomic E-state index is 14.1. The number of hydrogen-bond acceptors (Lipinski definition) is 2. The summed E-state index contributed by atoms with van der Waals surface area (Å²) in [7, 11) is 0. The normalized spacial score (nSPS) is 13.3. The van der Waals surface area contributed by atoms with Crippen LogP contribution >= 0.6 is 0 Å². The molecule has 0 fully saturated rings. The zero-order valence-electron chi connectivity index (χ0n) is 10.7. The Labute approximate surface area is 111 Å². The van der Waals surface area contributed by atoms with Gasteiger partial charge in [-0.2, -0.15) is 0 Å². The summed E-state index contributed by atoms with van der Waals surface area (Å²) in [5.74, 6) is -0.335. The zero-order valence-corrected chi connectivity index (χ0v) is 10.7. The fourth-order valence-corrected chi connectivity index (χ4v) is 2.41. The van der Waals surface area contributed by atoms with Crippen molar-refractivity contribution in [3.8, 4) is 0 Å². The van der Waals surface area contributed by atoms with Crippen LogP contribution in [0, 0.1) is 12.7 Å². The van der Waals surface area contributed by atoms with Gasteiger partial charge in [-0.3, -0.25) is 4.99 Å². The average molecular weight is 255 g/mol. The van der Waals surface area contributed by atoms with Crippen LogP contribution < -0.4 is 0 Å². The lowest BCUT2D eigenvalue weighted by atomic mass is 9.97. The molecule has 2 aromatic rings. The number of aliphatic hydroxyl groups is 1. The number of aliphatic imine (C=N–C) groups is 1. The third-order valence-corrected chi connectivity index (χ3v) is 3.39. The van der Waals surface area contributed by atoms with Crippen LogP contribution in [-0.2, 0) is 13.2 Å². The molecular weight excluding hydrogens is 241 g/mol. The van der Waals surface area contributed by atoms with Crippen molar-refractivity contribution in [3.63, 3.8) is 0 Å². The number of benzene rings is 2. The maximum Gasteiger partial charge on any atom is 0.132 e. The molecule has 19 heavy (non-hydrogen) atoms. The lowest BCUT2D eigenvalue weighted by Gasteiger charge is -2.07. The molecule has 0 radical (unpaired) electrons. The molecule has 3 heteroatoms. The second-order valence-electron chi connectivity index (χ2n) is 4.80. The molecule has 1 N–H and O–H groups in total. The zero-order chi connectivity index (χ0) is 13.4. The summed E-state index contributed by atoms with van der Waals surface area (Å²) < 4.78 is 14.1. The van der Waals surface area contributed by atoms with Gasteiger partial charge in [-0.25, -0.2) is 4.39 Å². The average Bonchev–Trinajstić information content (AvgIpc) is 2.81. The summed E-state index contributed by atoms with van der Waals surface area (Å²) in [6.07, 6.45) is 0. The minimum atomic E-state index is -0.335. The summed E-state index contributed by atoms with van der Waals surface area (Å²) in [6, 6.07) is 10.9. The van der Waals surface area contributed by atoms with Crippen molar-refractivity contribution >= 4 is 5.71 Å². The minimum absolute atomic E-state index is 0.153. The van der Waals surface area contributed by atoms with Gasteiger partial charge in [0.2, 0.25) is 0 Å². The van der Waals surface area contributed by atoms with Gasteiger partial charge in [0.15, 0.2) is 0 Å². The van der Waals surface area contributed by atoms with Crippen molar-refractivity contribution in [2.24, 2.45) is 4.99 Å². The highest BCUT2D eigenvalue weighted by atomic mass is 19.1. The Morgan fingerprint density at radius 2 is 1.95 bits per heavy atom. The predicted molar refractivity (Wildman–Crippen MR) is 72.8 cm³/mol. The van der Waals surface area contributed by atoms with Crippen molar-refractivity contribution in [1.82, 2.24) is 0 Å². The SMILES string of the molecule is Cc1ccc2c(c1)CN=C2c1ccc(CO)cc1F. The topological polar surface area (TPSA) is 32.6 Å². The van der Waals surface area contributed by atoms with Crippen LogP contribution in [0.25, 0.3) is 0 Å². The molecule has 0 aromatic heterocycles. The van der Waals surface area contributed by atoms with E-state index in [2.05, 4.69) is 11.1 Å².